The van der Waals surface area contributed by atoms with Gasteiger partial charge in [-0.3, -0.25) is 0 Å². The molecule has 2 heterocycles. The third-order valence-electron chi connectivity index (χ3n) is 8.15. The number of piperidine rings is 1. The van der Waals surface area contributed by atoms with Gasteiger partial charge in [-0.25, -0.2) is 4.79 Å². The first-order chi connectivity index (χ1) is 14.8. The summed E-state index contributed by atoms with van der Waals surface area (Å²) in [6.07, 6.45) is -1.03. The lowest BCUT2D eigenvalue weighted by atomic mass is 9.52. The monoisotopic (exact) mass is 433 g/mol. The fourth-order valence-electron chi connectivity index (χ4n) is 6.53. The maximum absolute atomic E-state index is 11.4. The van der Waals surface area contributed by atoms with Crippen molar-refractivity contribution in [3.05, 3.63) is 29.3 Å². The zero-order valence-electron chi connectivity index (χ0n) is 17.7. The highest BCUT2D eigenvalue weighted by Crippen LogP contribution is 2.56. The topological polar surface area (TPSA) is 120 Å². The lowest BCUT2D eigenvalue weighted by molar-refractivity contribution is -0.271. The van der Waals surface area contributed by atoms with Crippen molar-refractivity contribution < 1.29 is 34.7 Å². The fourth-order valence-corrected chi connectivity index (χ4v) is 6.53. The minimum atomic E-state index is -1.73. The first kappa shape index (κ1) is 21.2. The van der Waals surface area contributed by atoms with E-state index in [0.717, 1.165) is 25.8 Å². The van der Waals surface area contributed by atoms with Gasteiger partial charge in [0.15, 0.2) is 6.10 Å². The summed E-state index contributed by atoms with van der Waals surface area (Å²) in [5.41, 5.74) is 2.76. The molecule has 0 spiro atoms. The summed E-state index contributed by atoms with van der Waals surface area (Å²) in [4.78, 5) is 13.9. The number of hydrogen-bond acceptors (Lipinski definition) is 7. The van der Waals surface area contributed by atoms with Crippen LogP contribution in [0, 0.1) is 5.92 Å². The summed E-state index contributed by atoms with van der Waals surface area (Å²) < 4.78 is 11.2. The molecule has 8 nitrogen and oxygen atoms in total. The molecule has 4 N–H and O–H groups in total. The molecule has 0 radical (unpaired) electrons. The highest BCUT2D eigenvalue weighted by molar-refractivity contribution is 5.73. The molecule has 5 rings (SSSR count). The Labute approximate surface area is 181 Å². The predicted molar refractivity (Wildman–Crippen MR) is 110 cm³/mol. The number of benzene rings is 1. The molecule has 31 heavy (non-hydrogen) atoms. The number of aliphatic hydroxyl groups excluding tert-OH is 3. The number of aliphatic carboxylic acids is 1. The standard InChI is InChI=1S/C23H31NO7/c1-24-9-8-23-7-3-2-4-14(23)16(24)10-12-5-6-13(11-15(12)23)30-22-19(27)17(25)18(26)20(31-22)21(28)29/h5-6,11,14,16-20,22,25-27H,2-4,7-10H2,1H3,(H,28,29)/t14-,16-,17-,18+,19+,20+,22-,23+/m1/s1. The van der Waals surface area contributed by atoms with Gasteiger partial charge in [-0.2, -0.15) is 0 Å². The van der Waals surface area contributed by atoms with E-state index in [1.165, 1.54) is 30.4 Å². The largest absolute Gasteiger partial charge is 0.479 e. The summed E-state index contributed by atoms with van der Waals surface area (Å²) in [5, 5.41) is 39.5. The highest BCUT2D eigenvalue weighted by Gasteiger charge is 2.53. The Balaban J connectivity index is 1.45. The molecule has 2 aliphatic heterocycles. The van der Waals surface area contributed by atoms with Gasteiger partial charge in [0.05, 0.1) is 0 Å². The Kier molecular flexibility index (Phi) is 5.26. The molecule has 2 saturated heterocycles. The molecular weight excluding hydrogens is 402 g/mol. The van der Waals surface area contributed by atoms with Crippen LogP contribution in [0.1, 0.15) is 43.2 Å². The lowest BCUT2D eigenvalue weighted by Crippen LogP contribution is -2.61. The van der Waals surface area contributed by atoms with E-state index in [1.807, 2.05) is 12.1 Å². The van der Waals surface area contributed by atoms with E-state index in [4.69, 9.17) is 9.47 Å². The number of rotatable bonds is 3. The Morgan fingerprint density at radius 2 is 1.97 bits per heavy atom. The molecule has 1 saturated carbocycles. The van der Waals surface area contributed by atoms with Gasteiger partial charge in [0.25, 0.3) is 0 Å². The second-order valence-electron chi connectivity index (χ2n) is 9.68. The van der Waals surface area contributed by atoms with Crippen LogP contribution < -0.4 is 4.74 Å². The second-order valence-corrected chi connectivity index (χ2v) is 9.68. The average molecular weight is 434 g/mol. The van der Waals surface area contributed by atoms with E-state index >= 15 is 0 Å². The van der Waals surface area contributed by atoms with E-state index in [1.54, 1.807) is 0 Å². The van der Waals surface area contributed by atoms with Crippen molar-refractivity contribution in [3.8, 4) is 5.75 Å². The molecule has 1 aromatic rings. The molecular formula is C23H31NO7. The Morgan fingerprint density at radius 1 is 1.16 bits per heavy atom. The van der Waals surface area contributed by atoms with Crippen molar-refractivity contribution in [3.63, 3.8) is 0 Å². The normalized spacial score (nSPS) is 42.4. The van der Waals surface area contributed by atoms with Crippen LogP contribution in [0.4, 0.5) is 0 Å². The summed E-state index contributed by atoms with van der Waals surface area (Å²) in [7, 11) is 2.23. The highest BCUT2D eigenvalue weighted by atomic mass is 16.7. The van der Waals surface area contributed by atoms with Gasteiger partial charge < -0.3 is 34.8 Å². The first-order valence-corrected chi connectivity index (χ1v) is 11.2. The van der Waals surface area contributed by atoms with Crippen LogP contribution in [0.2, 0.25) is 0 Å². The van der Waals surface area contributed by atoms with Gasteiger partial charge in [-0.1, -0.05) is 18.9 Å². The number of likely N-dealkylation sites (tertiary alicyclic amines) is 1. The molecule has 8 atom stereocenters. The molecule has 0 amide bonds. The molecule has 170 valence electrons. The second kappa shape index (κ2) is 7.71. The first-order valence-electron chi connectivity index (χ1n) is 11.2. The molecule has 2 bridgehead atoms. The van der Waals surface area contributed by atoms with Gasteiger partial charge in [0.2, 0.25) is 6.29 Å². The number of nitrogens with zero attached hydrogens (tertiary/aromatic N) is 1. The lowest BCUT2D eigenvalue weighted by Gasteiger charge is -2.58. The van der Waals surface area contributed by atoms with Crippen LogP contribution in [0.3, 0.4) is 0 Å². The van der Waals surface area contributed by atoms with Crippen molar-refractivity contribution in [2.75, 3.05) is 13.6 Å². The van der Waals surface area contributed by atoms with Crippen molar-refractivity contribution in [1.82, 2.24) is 4.90 Å². The van der Waals surface area contributed by atoms with Gasteiger partial charge in [0.1, 0.15) is 24.1 Å². The SMILES string of the molecule is CN1CC[C@@]23CCCC[C@@H]2[C@H]1Cc1ccc(O[C@@H]2O[C@H](C(=O)O)[C@@H](O)[C@@H](O)[C@@H]2O)cc13. The minimum absolute atomic E-state index is 0.133. The number of aliphatic hydroxyl groups is 3. The minimum Gasteiger partial charge on any atom is -0.479 e. The maximum atomic E-state index is 11.4. The van der Waals surface area contributed by atoms with Gasteiger partial charge in [0, 0.05) is 11.5 Å². The molecule has 1 aromatic carbocycles. The van der Waals surface area contributed by atoms with Crippen LogP contribution in [0.25, 0.3) is 0 Å². The molecule has 8 heteroatoms. The van der Waals surface area contributed by atoms with Crippen molar-refractivity contribution >= 4 is 5.97 Å². The van der Waals surface area contributed by atoms with Crippen LogP contribution >= 0.6 is 0 Å². The summed E-state index contributed by atoms with van der Waals surface area (Å²) in [5.74, 6) is -0.321. The quantitative estimate of drug-likeness (QED) is 0.549. The molecule has 0 aromatic heterocycles. The number of carboxylic acids is 1. The van der Waals surface area contributed by atoms with Crippen molar-refractivity contribution in [1.29, 1.82) is 0 Å². The number of carbonyl (C=O) groups is 1. The number of carboxylic acid groups (broad SMARTS) is 1. The zero-order valence-corrected chi connectivity index (χ0v) is 17.7. The van der Waals surface area contributed by atoms with Gasteiger partial charge >= 0.3 is 5.97 Å². The number of hydrogen-bond donors (Lipinski definition) is 4. The zero-order chi connectivity index (χ0) is 21.9. The maximum Gasteiger partial charge on any atom is 0.335 e. The summed E-state index contributed by atoms with van der Waals surface area (Å²) >= 11 is 0. The van der Waals surface area contributed by atoms with Crippen LogP contribution in [0.5, 0.6) is 5.75 Å². The van der Waals surface area contributed by atoms with Crippen LogP contribution in [-0.2, 0) is 21.4 Å². The van der Waals surface area contributed by atoms with E-state index in [2.05, 4.69) is 18.0 Å². The van der Waals surface area contributed by atoms with Crippen LogP contribution in [0.15, 0.2) is 18.2 Å². The Morgan fingerprint density at radius 3 is 2.74 bits per heavy atom. The van der Waals surface area contributed by atoms with Gasteiger partial charge in [-0.15, -0.1) is 0 Å². The van der Waals surface area contributed by atoms with Crippen molar-refractivity contribution in [2.24, 2.45) is 5.92 Å². The smallest absolute Gasteiger partial charge is 0.335 e. The molecule has 0 unspecified atom stereocenters. The van der Waals surface area contributed by atoms with Crippen LogP contribution in [-0.4, -0.2) is 81.6 Å². The fraction of sp³-hybridized carbons (Fsp3) is 0.696. The van der Waals surface area contributed by atoms with Gasteiger partial charge in [-0.05, 0) is 68.5 Å². The summed E-state index contributed by atoms with van der Waals surface area (Å²) in [6.45, 7) is 1.07. The van der Waals surface area contributed by atoms with E-state index < -0.39 is 36.7 Å². The third kappa shape index (κ3) is 3.27. The van der Waals surface area contributed by atoms with E-state index in [0.29, 0.717) is 17.7 Å². The molecule has 2 aliphatic carbocycles. The van der Waals surface area contributed by atoms with E-state index in [-0.39, 0.29) is 5.41 Å². The Bertz CT molecular complexity index is 862. The Hall–Kier alpha value is -1.71. The predicted octanol–water partition coefficient (Wildman–Crippen LogP) is 0.646. The van der Waals surface area contributed by atoms with E-state index in [9.17, 15) is 25.2 Å². The number of fused-ring (bicyclic) bond motifs is 1. The number of ether oxygens (including phenoxy) is 2. The van der Waals surface area contributed by atoms with Crippen molar-refractivity contribution in [2.45, 2.75) is 80.7 Å². The summed E-state index contributed by atoms with van der Waals surface area (Å²) in [6, 6.07) is 6.47. The molecule has 3 fully saturated rings. The third-order valence-corrected chi connectivity index (χ3v) is 8.15. The molecule has 4 aliphatic rings. The number of likely N-dealkylation sites (N-methyl/N-ethyl adjacent to an activating group) is 1. The average Bonchev–Trinajstić information content (AvgIpc) is 2.76.